The summed E-state index contributed by atoms with van der Waals surface area (Å²) in [4.78, 5) is 5.86. The number of nitrogen functional groups attached to an aromatic ring is 1. The topological polar surface area (TPSA) is 65.9 Å². The van der Waals surface area contributed by atoms with Gasteiger partial charge in [0.2, 0.25) is 0 Å². The quantitative estimate of drug-likeness (QED) is 0.848. The molecule has 2 aromatic rings. The molecular formula is C15H15FN4. The molecule has 0 atom stereocenters. The molecule has 0 aliphatic rings. The van der Waals surface area contributed by atoms with Crippen LogP contribution < -0.4 is 10.6 Å². The third-order valence-corrected chi connectivity index (χ3v) is 2.90. The van der Waals surface area contributed by atoms with E-state index < -0.39 is 0 Å². The van der Waals surface area contributed by atoms with Crippen LogP contribution in [0.15, 0.2) is 42.7 Å². The van der Waals surface area contributed by atoms with Crippen molar-refractivity contribution in [3.05, 3.63) is 54.1 Å². The second-order valence-electron chi connectivity index (χ2n) is 4.40. The Morgan fingerprint density at radius 1 is 1.35 bits per heavy atom. The molecule has 1 aromatic heterocycles. The Labute approximate surface area is 117 Å². The number of hydrogen-bond acceptors (Lipinski definition) is 4. The average Bonchev–Trinajstić information content (AvgIpc) is 2.45. The number of aromatic nitrogens is 1. The number of rotatable bonds is 5. The highest BCUT2D eigenvalue weighted by Gasteiger charge is 2.12. The molecule has 4 nitrogen and oxygen atoms in total. The number of benzene rings is 1. The molecule has 1 heterocycles. The van der Waals surface area contributed by atoms with Crippen LogP contribution in [0.3, 0.4) is 0 Å². The first-order valence-electron chi connectivity index (χ1n) is 6.26. The SMILES string of the molecule is N#CCCN(Cc1cccnc1)c1ccc(N)cc1F. The highest BCUT2D eigenvalue weighted by molar-refractivity contribution is 5.54. The van der Waals surface area contributed by atoms with Crippen molar-refractivity contribution < 1.29 is 4.39 Å². The highest BCUT2D eigenvalue weighted by atomic mass is 19.1. The fourth-order valence-electron chi connectivity index (χ4n) is 1.96. The highest BCUT2D eigenvalue weighted by Crippen LogP contribution is 2.23. The van der Waals surface area contributed by atoms with E-state index in [0.29, 0.717) is 30.9 Å². The minimum atomic E-state index is -0.383. The van der Waals surface area contributed by atoms with Crippen LogP contribution in [0.25, 0.3) is 0 Å². The molecule has 2 N–H and O–H groups in total. The first-order chi connectivity index (χ1) is 9.70. The van der Waals surface area contributed by atoms with Crippen molar-refractivity contribution >= 4 is 11.4 Å². The van der Waals surface area contributed by atoms with Gasteiger partial charge in [0.25, 0.3) is 0 Å². The van der Waals surface area contributed by atoms with Crippen LogP contribution in [0.1, 0.15) is 12.0 Å². The molecule has 0 saturated heterocycles. The number of halogens is 1. The van der Waals surface area contributed by atoms with Gasteiger partial charge in [0, 0.05) is 31.2 Å². The fraction of sp³-hybridized carbons (Fsp3) is 0.200. The number of pyridine rings is 1. The van der Waals surface area contributed by atoms with Crippen molar-refractivity contribution in [2.24, 2.45) is 0 Å². The van der Waals surface area contributed by atoms with E-state index in [4.69, 9.17) is 11.0 Å². The van der Waals surface area contributed by atoms with Gasteiger partial charge in [-0.1, -0.05) is 6.07 Å². The van der Waals surface area contributed by atoms with E-state index in [0.717, 1.165) is 5.56 Å². The molecule has 0 aliphatic carbocycles. The summed E-state index contributed by atoms with van der Waals surface area (Å²) < 4.78 is 14.0. The Morgan fingerprint density at radius 3 is 2.85 bits per heavy atom. The monoisotopic (exact) mass is 270 g/mol. The Bertz CT molecular complexity index is 607. The van der Waals surface area contributed by atoms with Crippen LogP contribution in [0.4, 0.5) is 15.8 Å². The van der Waals surface area contributed by atoms with Crippen molar-refractivity contribution in [3.8, 4) is 6.07 Å². The van der Waals surface area contributed by atoms with Crippen LogP contribution in [0.2, 0.25) is 0 Å². The molecule has 0 radical (unpaired) electrons. The zero-order valence-corrected chi connectivity index (χ0v) is 11.0. The number of nitrogens with zero attached hydrogens (tertiary/aromatic N) is 3. The van der Waals surface area contributed by atoms with Gasteiger partial charge in [0.1, 0.15) is 5.82 Å². The first-order valence-corrected chi connectivity index (χ1v) is 6.26. The van der Waals surface area contributed by atoms with Crippen molar-refractivity contribution in [2.45, 2.75) is 13.0 Å². The predicted molar refractivity (Wildman–Crippen MR) is 76.3 cm³/mol. The van der Waals surface area contributed by atoms with Gasteiger partial charge >= 0.3 is 0 Å². The van der Waals surface area contributed by atoms with E-state index in [1.165, 1.54) is 6.07 Å². The lowest BCUT2D eigenvalue weighted by atomic mass is 10.2. The lowest BCUT2D eigenvalue weighted by molar-refractivity contribution is 0.616. The molecule has 2 rings (SSSR count). The molecular weight excluding hydrogens is 255 g/mol. The maximum atomic E-state index is 14.0. The number of anilines is 2. The van der Waals surface area contributed by atoms with Gasteiger partial charge in [-0.15, -0.1) is 0 Å². The second kappa shape index (κ2) is 6.53. The zero-order chi connectivity index (χ0) is 14.4. The molecule has 0 fully saturated rings. The largest absolute Gasteiger partial charge is 0.399 e. The molecule has 0 amide bonds. The summed E-state index contributed by atoms with van der Waals surface area (Å²) in [5, 5.41) is 8.74. The third kappa shape index (κ3) is 3.45. The van der Waals surface area contributed by atoms with E-state index in [9.17, 15) is 4.39 Å². The normalized spacial score (nSPS) is 10.0. The van der Waals surface area contributed by atoms with Gasteiger partial charge in [0.05, 0.1) is 18.2 Å². The van der Waals surface area contributed by atoms with Gasteiger partial charge in [-0.25, -0.2) is 4.39 Å². The van der Waals surface area contributed by atoms with Crippen molar-refractivity contribution in [3.63, 3.8) is 0 Å². The van der Waals surface area contributed by atoms with Crippen molar-refractivity contribution in [1.82, 2.24) is 4.98 Å². The number of nitriles is 1. The summed E-state index contributed by atoms with van der Waals surface area (Å²) in [6.45, 7) is 0.947. The van der Waals surface area contributed by atoms with Gasteiger partial charge in [0.15, 0.2) is 0 Å². The van der Waals surface area contributed by atoms with Crippen molar-refractivity contribution in [2.75, 3.05) is 17.2 Å². The summed E-state index contributed by atoms with van der Waals surface area (Å²) >= 11 is 0. The van der Waals surface area contributed by atoms with Gasteiger partial charge in [-0.3, -0.25) is 4.98 Å². The lowest BCUT2D eigenvalue weighted by Crippen LogP contribution is -2.24. The van der Waals surface area contributed by atoms with Crippen LogP contribution in [0, 0.1) is 17.1 Å². The summed E-state index contributed by atoms with van der Waals surface area (Å²) in [5.41, 5.74) is 7.34. The molecule has 0 spiro atoms. The number of nitrogens with two attached hydrogens (primary N) is 1. The molecule has 0 unspecified atom stereocenters. The van der Waals surface area contributed by atoms with Crippen molar-refractivity contribution in [1.29, 1.82) is 5.26 Å². The maximum Gasteiger partial charge on any atom is 0.148 e. The lowest BCUT2D eigenvalue weighted by Gasteiger charge is -2.24. The molecule has 20 heavy (non-hydrogen) atoms. The Kier molecular flexibility index (Phi) is 4.51. The van der Waals surface area contributed by atoms with Gasteiger partial charge in [-0.05, 0) is 29.8 Å². The second-order valence-corrected chi connectivity index (χ2v) is 4.40. The minimum Gasteiger partial charge on any atom is -0.399 e. The molecule has 0 saturated carbocycles. The Balaban J connectivity index is 2.25. The Hall–Kier alpha value is -2.61. The van der Waals surface area contributed by atoms with Crippen LogP contribution in [-0.2, 0) is 6.54 Å². The van der Waals surface area contributed by atoms with Crippen LogP contribution in [-0.4, -0.2) is 11.5 Å². The summed E-state index contributed by atoms with van der Waals surface area (Å²) in [6, 6.07) is 10.4. The average molecular weight is 270 g/mol. The van der Waals surface area contributed by atoms with Crippen LogP contribution >= 0.6 is 0 Å². The summed E-state index contributed by atoms with van der Waals surface area (Å²) in [5.74, 6) is -0.383. The molecule has 0 bridgehead atoms. The maximum absolute atomic E-state index is 14.0. The van der Waals surface area contributed by atoms with E-state index in [1.807, 2.05) is 17.0 Å². The van der Waals surface area contributed by atoms with E-state index in [2.05, 4.69) is 11.1 Å². The predicted octanol–water partition coefficient (Wildman–Crippen LogP) is 2.72. The number of hydrogen-bond donors (Lipinski definition) is 1. The summed E-state index contributed by atoms with van der Waals surface area (Å²) in [6.07, 6.45) is 3.74. The van der Waals surface area contributed by atoms with Crippen LogP contribution in [0.5, 0.6) is 0 Å². The van der Waals surface area contributed by atoms with Gasteiger partial charge < -0.3 is 10.6 Å². The molecule has 0 aliphatic heterocycles. The first kappa shape index (κ1) is 13.8. The molecule has 5 heteroatoms. The summed E-state index contributed by atoms with van der Waals surface area (Å²) in [7, 11) is 0. The van der Waals surface area contributed by atoms with E-state index in [1.54, 1.807) is 24.5 Å². The molecule has 1 aromatic carbocycles. The minimum absolute atomic E-state index is 0.323. The zero-order valence-electron chi connectivity index (χ0n) is 11.0. The standard InChI is InChI=1S/C15H15FN4/c16-14-9-13(18)4-5-15(14)20(8-2-6-17)11-12-3-1-7-19-10-12/h1,3-5,7,9-10H,2,8,11,18H2. The van der Waals surface area contributed by atoms with E-state index in [-0.39, 0.29) is 5.82 Å². The molecule has 102 valence electrons. The Morgan fingerprint density at radius 2 is 2.20 bits per heavy atom. The van der Waals surface area contributed by atoms with E-state index >= 15 is 0 Å². The van der Waals surface area contributed by atoms with Gasteiger partial charge in [-0.2, -0.15) is 5.26 Å². The smallest absolute Gasteiger partial charge is 0.148 e. The third-order valence-electron chi connectivity index (χ3n) is 2.90. The fourth-order valence-corrected chi connectivity index (χ4v) is 1.96.